The summed E-state index contributed by atoms with van der Waals surface area (Å²) in [4.78, 5) is 2.53. The number of rotatable bonds is 7. The van der Waals surface area contributed by atoms with Gasteiger partial charge in [-0.25, -0.2) is 0 Å². The van der Waals surface area contributed by atoms with Crippen molar-refractivity contribution in [2.45, 2.75) is 32.7 Å². The van der Waals surface area contributed by atoms with Gasteiger partial charge < -0.3 is 4.74 Å². The van der Waals surface area contributed by atoms with Crippen molar-refractivity contribution in [1.82, 2.24) is 4.90 Å². The van der Waals surface area contributed by atoms with Crippen molar-refractivity contribution in [3.8, 4) is 11.8 Å². The lowest BCUT2D eigenvalue weighted by Gasteiger charge is -2.23. The minimum absolute atomic E-state index is 0.652. The van der Waals surface area contributed by atoms with Gasteiger partial charge in [0.2, 0.25) is 0 Å². The van der Waals surface area contributed by atoms with E-state index in [1.165, 1.54) is 12.8 Å². The van der Waals surface area contributed by atoms with E-state index < -0.39 is 0 Å². The first-order valence-electron chi connectivity index (χ1n) is 7.06. The molecule has 3 heteroatoms. The lowest BCUT2D eigenvalue weighted by atomic mass is 10.2. The van der Waals surface area contributed by atoms with Crippen molar-refractivity contribution in [3.05, 3.63) is 29.8 Å². The van der Waals surface area contributed by atoms with Crippen LogP contribution in [0.5, 0.6) is 5.75 Å². The van der Waals surface area contributed by atoms with E-state index >= 15 is 0 Å². The molecule has 2 rings (SSSR count). The number of hydrogen-bond acceptors (Lipinski definition) is 3. The zero-order chi connectivity index (χ0) is 13.7. The van der Waals surface area contributed by atoms with Crippen molar-refractivity contribution in [1.29, 1.82) is 5.26 Å². The fourth-order valence-corrected chi connectivity index (χ4v) is 2.27. The topological polar surface area (TPSA) is 36.3 Å². The molecular formula is C16H22N2O. The Morgan fingerprint density at radius 2 is 2.21 bits per heavy atom. The molecule has 102 valence electrons. The Balaban J connectivity index is 1.79. The zero-order valence-corrected chi connectivity index (χ0v) is 11.8. The van der Waals surface area contributed by atoms with Crippen LogP contribution in [0.1, 0.15) is 32.3 Å². The van der Waals surface area contributed by atoms with Crippen LogP contribution >= 0.6 is 0 Å². The Morgan fingerprint density at radius 3 is 2.84 bits per heavy atom. The molecule has 3 nitrogen and oxygen atoms in total. The lowest BCUT2D eigenvalue weighted by Crippen LogP contribution is -2.33. The minimum Gasteiger partial charge on any atom is -0.492 e. The average molecular weight is 258 g/mol. The van der Waals surface area contributed by atoms with E-state index in [0.717, 1.165) is 24.9 Å². The number of ether oxygens (including phenoxy) is 1. The van der Waals surface area contributed by atoms with Crippen molar-refractivity contribution in [2.75, 3.05) is 19.7 Å². The maximum Gasteiger partial charge on any atom is 0.120 e. The summed E-state index contributed by atoms with van der Waals surface area (Å²) in [5.41, 5.74) is 0.652. The fourth-order valence-electron chi connectivity index (χ4n) is 2.27. The van der Waals surface area contributed by atoms with Crippen molar-refractivity contribution in [2.24, 2.45) is 5.92 Å². The Hall–Kier alpha value is -1.53. The van der Waals surface area contributed by atoms with Crippen LogP contribution in [0.4, 0.5) is 0 Å². The molecular weight excluding hydrogens is 236 g/mol. The zero-order valence-electron chi connectivity index (χ0n) is 11.8. The standard InChI is InChI=1S/C16H22N2O/c1-13(2)12-18(15-6-7-15)8-9-19-16-5-3-4-14(10-16)11-17/h3-5,10,13,15H,6-9,12H2,1-2H3. The second kappa shape index (κ2) is 6.58. The van der Waals surface area contributed by atoms with Crippen LogP contribution in [-0.4, -0.2) is 30.6 Å². The van der Waals surface area contributed by atoms with Gasteiger partial charge in [0.05, 0.1) is 11.6 Å². The molecule has 0 bridgehead atoms. The van der Waals surface area contributed by atoms with Gasteiger partial charge in [-0.1, -0.05) is 19.9 Å². The summed E-state index contributed by atoms with van der Waals surface area (Å²) in [5.74, 6) is 1.49. The molecule has 0 radical (unpaired) electrons. The summed E-state index contributed by atoms with van der Waals surface area (Å²) in [7, 11) is 0. The maximum absolute atomic E-state index is 8.84. The van der Waals surface area contributed by atoms with Gasteiger partial charge in [0.1, 0.15) is 12.4 Å². The maximum atomic E-state index is 8.84. The molecule has 0 heterocycles. The Morgan fingerprint density at radius 1 is 1.42 bits per heavy atom. The molecule has 0 aliphatic heterocycles. The van der Waals surface area contributed by atoms with Gasteiger partial charge >= 0.3 is 0 Å². The van der Waals surface area contributed by atoms with Gasteiger partial charge in [-0.05, 0) is 37.0 Å². The summed E-state index contributed by atoms with van der Waals surface area (Å²) < 4.78 is 5.75. The molecule has 0 atom stereocenters. The molecule has 0 amide bonds. The quantitative estimate of drug-likeness (QED) is 0.754. The van der Waals surface area contributed by atoms with E-state index in [9.17, 15) is 0 Å². The number of nitriles is 1. The third kappa shape index (κ3) is 4.57. The van der Waals surface area contributed by atoms with Crippen LogP contribution in [0.3, 0.4) is 0 Å². The van der Waals surface area contributed by atoms with Crippen LogP contribution in [0.15, 0.2) is 24.3 Å². The van der Waals surface area contributed by atoms with Crippen molar-refractivity contribution in [3.63, 3.8) is 0 Å². The highest BCUT2D eigenvalue weighted by atomic mass is 16.5. The summed E-state index contributed by atoms with van der Waals surface area (Å²) in [6, 6.07) is 10.3. The molecule has 0 spiro atoms. The van der Waals surface area contributed by atoms with Crippen LogP contribution < -0.4 is 4.74 Å². The Labute approximate surface area is 115 Å². The molecule has 0 saturated heterocycles. The molecule has 19 heavy (non-hydrogen) atoms. The van der Waals surface area contributed by atoms with Crippen molar-refractivity contribution < 1.29 is 4.74 Å². The normalized spacial score (nSPS) is 14.7. The second-order valence-corrected chi connectivity index (χ2v) is 5.61. The molecule has 1 aliphatic carbocycles. The molecule has 1 aliphatic rings. The predicted octanol–water partition coefficient (Wildman–Crippen LogP) is 3.06. The van der Waals surface area contributed by atoms with Crippen LogP contribution in [0.25, 0.3) is 0 Å². The van der Waals surface area contributed by atoms with E-state index in [0.29, 0.717) is 18.1 Å². The molecule has 0 N–H and O–H groups in total. The average Bonchev–Trinajstić information content (AvgIpc) is 3.22. The first-order chi connectivity index (χ1) is 9.19. The van der Waals surface area contributed by atoms with Gasteiger partial charge in [0.25, 0.3) is 0 Å². The van der Waals surface area contributed by atoms with E-state index in [1.807, 2.05) is 12.1 Å². The molecule has 0 unspecified atom stereocenters. The lowest BCUT2D eigenvalue weighted by molar-refractivity contribution is 0.185. The van der Waals surface area contributed by atoms with Gasteiger partial charge in [0.15, 0.2) is 0 Å². The second-order valence-electron chi connectivity index (χ2n) is 5.61. The number of hydrogen-bond donors (Lipinski definition) is 0. The third-order valence-corrected chi connectivity index (χ3v) is 3.27. The predicted molar refractivity (Wildman–Crippen MR) is 76.1 cm³/mol. The highest BCUT2D eigenvalue weighted by molar-refractivity contribution is 5.36. The van der Waals surface area contributed by atoms with E-state index in [2.05, 4.69) is 24.8 Å². The first-order valence-corrected chi connectivity index (χ1v) is 7.06. The molecule has 1 aromatic rings. The van der Waals surface area contributed by atoms with Gasteiger partial charge in [-0.15, -0.1) is 0 Å². The Bertz CT molecular complexity index is 446. The molecule has 1 aromatic carbocycles. The Kier molecular flexibility index (Phi) is 4.81. The van der Waals surface area contributed by atoms with Crippen LogP contribution in [0, 0.1) is 17.2 Å². The third-order valence-electron chi connectivity index (χ3n) is 3.27. The monoisotopic (exact) mass is 258 g/mol. The molecule has 1 fully saturated rings. The minimum atomic E-state index is 0.652. The summed E-state index contributed by atoms with van der Waals surface area (Å²) in [6.07, 6.45) is 2.66. The summed E-state index contributed by atoms with van der Waals surface area (Å²) in [6.45, 7) is 7.32. The SMILES string of the molecule is CC(C)CN(CCOc1cccc(C#N)c1)C1CC1. The van der Waals surface area contributed by atoms with Crippen molar-refractivity contribution >= 4 is 0 Å². The van der Waals surface area contributed by atoms with E-state index in [1.54, 1.807) is 12.1 Å². The molecule has 1 saturated carbocycles. The molecule has 0 aromatic heterocycles. The number of benzene rings is 1. The largest absolute Gasteiger partial charge is 0.492 e. The smallest absolute Gasteiger partial charge is 0.120 e. The van der Waals surface area contributed by atoms with E-state index in [4.69, 9.17) is 10.00 Å². The van der Waals surface area contributed by atoms with Gasteiger partial charge in [-0.3, -0.25) is 4.90 Å². The highest BCUT2D eigenvalue weighted by Crippen LogP contribution is 2.27. The first kappa shape index (κ1) is 13.9. The summed E-state index contributed by atoms with van der Waals surface area (Å²) >= 11 is 0. The van der Waals surface area contributed by atoms with Gasteiger partial charge in [-0.2, -0.15) is 5.26 Å². The summed E-state index contributed by atoms with van der Waals surface area (Å²) in [5, 5.41) is 8.84. The fraction of sp³-hybridized carbons (Fsp3) is 0.562. The number of nitrogens with zero attached hydrogens (tertiary/aromatic N) is 2. The van der Waals surface area contributed by atoms with Crippen LogP contribution in [-0.2, 0) is 0 Å². The van der Waals surface area contributed by atoms with E-state index in [-0.39, 0.29) is 0 Å². The highest BCUT2D eigenvalue weighted by Gasteiger charge is 2.28. The van der Waals surface area contributed by atoms with Crippen LogP contribution in [0.2, 0.25) is 0 Å². The van der Waals surface area contributed by atoms with Gasteiger partial charge in [0, 0.05) is 19.1 Å².